The van der Waals surface area contributed by atoms with Gasteiger partial charge in [0, 0.05) is 24.6 Å². The molecule has 7 nitrogen and oxygen atoms in total. The fourth-order valence-corrected chi connectivity index (χ4v) is 5.98. The van der Waals surface area contributed by atoms with E-state index in [4.69, 9.17) is 0 Å². The number of benzene rings is 3. The van der Waals surface area contributed by atoms with Gasteiger partial charge in [0.2, 0.25) is 21.8 Å². The van der Waals surface area contributed by atoms with Crippen LogP contribution in [0.5, 0.6) is 0 Å². The number of sulfonamides is 1. The molecule has 1 atom stereocenters. The predicted molar refractivity (Wildman–Crippen MR) is 154 cm³/mol. The molecule has 0 heterocycles. The first-order valence-electron chi connectivity index (χ1n) is 13.7. The molecule has 3 aromatic carbocycles. The maximum atomic E-state index is 14.9. The normalized spacial score (nSPS) is 14.7. The van der Waals surface area contributed by atoms with Crippen LogP contribution in [0.2, 0.25) is 0 Å². The summed E-state index contributed by atoms with van der Waals surface area (Å²) < 4.78 is 54.8. The van der Waals surface area contributed by atoms with Gasteiger partial charge in [-0.3, -0.25) is 13.9 Å². The van der Waals surface area contributed by atoms with E-state index < -0.39 is 40.2 Å². The fourth-order valence-electron chi connectivity index (χ4n) is 5.13. The molecule has 1 saturated carbocycles. The Bertz CT molecular complexity index is 1430. The molecule has 1 aliphatic rings. The van der Waals surface area contributed by atoms with Crippen LogP contribution in [0.1, 0.15) is 43.2 Å². The molecule has 10 heteroatoms. The van der Waals surface area contributed by atoms with Gasteiger partial charge in [-0.05, 0) is 48.7 Å². The summed E-state index contributed by atoms with van der Waals surface area (Å²) in [6.07, 6.45) is 5.84. The molecule has 0 saturated heterocycles. The number of carbonyl (C=O) groups excluding carboxylic acids is 2. The zero-order chi connectivity index (χ0) is 29.4. The summed E-state index contributed by atoms with van der Waals surface area (Å²) in [5, 5.41) is 3.10. The van der Waals surface area contributed by atoms with Crippen LogP contribution >= 0.6 is 0 Å². The molecule has 41 heavy (non-hydrogen) atoms. The van der Waals surface area contributed by atoms with Crippen molar-refractivity contribution in [2.75, 3.05) is 17.1 Å². The van der Waals surface area contributed by atoms with E-state index in [2.05, 4.69) is 5.32 Å². The second-order valence-electron chi connectivity index (χ2n) is 10.4. The lowest BCUT2D eigenvalue weighted by molar-refractivity contribution is -0.140. The van der Waals surface area contributed by atoms with Gasteiger partial charge in [-0.1, -0.05) is 67.8 Å². The van der Waals surface area contributed by atoms with Gasteiger partial charge in [0.05, 0.1) is 11.9 Å². The predicted octanol–water partition coefficient (Wildman–Crippen LogP) is 4.82. The van der Waals surface area contributed by atoms with Gasteiger partial charge in [-0.15, -0.1) is 0 Å². The zero-order valence-corrected chi connectivity index (χ0v) is 23.8. The van der Waals surface area contributed by atoms with E-state index in [0.717, 1.165) is 60.4 Å². The van der Waals surface area contributed by atoms with Gasteiger partial charge < -0.3 is 10.2 Å². The number of hydrogen-bond donors (Lipinski definition) is 1. The van der Waals surface area contributed by atoms with Crippen molar-refractivity contribution in [2.45, 2.75) is 57.2 Å². The highest BCUT2D eigenvalue weighted by Crippen LogP contribution is 2.23. The lowest BCUT2D eigenvalue weighted by Crippen LogP contribution is -2.55. The molecule has 0 radical (unpaired) electrons. The van der Waals surface area contributed by atoms with Crippen LogP contribution in [-0.2, 0) is 32.6 Å². The van der Waals surface area contributed by atoms with Crippen molar-refractivity contribution >= 4 is 27.5 Å². The molecule has 3 aromatic rings. The Morgan fingerprint density at radius 3 is 2.17 bits per heavy atom. The summed E-state index contributed by atoms with van der Waals surface area (Å²) in [5.41, 5.74) is 1.08. The monoisotopic (exact) mass is 583 g/mol. The van der Waals surface area contributed by atoms with Crippen LogP contribution in [0.15, 0.2) is 78.9 Å². The van der Waals surface area contributed by atoms with Gasteiger partial charge in [-0.25, -0.2) is 17.2 Å². The van der Waals surface area contributed by atoms with E-state index in [1.165, 1.54) is 35.2 Å². The largest absolute Gasteiger partial charge is 0.352 e. The van der Waals surface area contributed by atoms with Crippen LogP contribution in [0.3, 0.4) is 0 Å². The molecule has 0 spiro atoms. The minimum atomic E-state index is -3.98. The van der Waals surface area contributed by atoms with Gasteiger partial charge in [0.15, 0.2) is 0 Å². The Labute approximate surface area is 240 Å². The third kappa shape index (κ3) is 8.36. The molecule has 1 aliphatic carbocycles. The summed E-state index contributed by atoms with van der Waals surface area (Å²) >= 11 is 0. The van der Waals surface area contributed by atoms with Gasteiger partial charge in [0.25, 0.3) is 0 Å². The number of carbonyl (C=O) groups is 2. The second-order valence-corrected chi connectivity index (χ2v) is 12.3. The first kappa shape index (κ1) is 30.2. The smallest absolute Gasteiger partial charge is 0.244 e. The SMILES string of the molecule is CS(=O)(=O)N(CC(=O)N(Cc1ccccc1F)[C@H](Cc1ccccc1)C(=O)NC1CCCCC1)c1ccc(F)cc1. The number of amides is 2. The van der Waals surface area contributed by atoms with Gasteiger partial charge in [-0.2, -0.15) is 0 Å². The van der Waals surface area contributed by atoms with Crippen molar-refractivity contribution in [3.63, 3.8) is 0 Å². The summed E-state index contributed by atoms with van der Waals surface area (Å²) in [4.78, 5) is 29.1. The van der Waals surface area contributed by atoms with Crippen molar-refractivity contribution in [3.05, 3.63) is 102 Å². The highest BCUT2D eigenvalue weighted by molar-refractivity contribution is 7.92. The summed E-state index contributed by atoms with van der Waals surface area (Å²) in [6, 6.07) is 18.8. The second kappa shape index (κ2) is 13.7. The number of anilines is 1. The van der Waals surface area contributed by atoms with Crippen molar-refractivity contribution < 1.29 is 26.8 Å². The number of nitrogens with one attached hydrogen (secondary N) is 1. The average Bonchev–Trinajstić information content (AvgIpc) is 2.95. The van der Waals surface area contributed by atoms with Crippen molar-refractivity contribution in [1.82, 2.24) is 10.2 Å². The number of halogens is 2. The van der Waals surface area contributed by atoms with E-state index in [9.17, 15) is 26.8 Å². The maximum Gasteiger partial charge on any atom is 0.244 e. The molecule has 4 rings (SSSR count). The minimum Gasteiger partial charge on any atom is -0.352 e. The molecule has 218 valence electrons. The Morgan fingerprint density at radius 2 is 1.54 bits per heavy atom. The molecule has 1 fully saturated rings. The molecule has 0 aromatic heterocycles. The van der Waals surface area contributed by atoms with E-state index in [1.54, 1.807) is 6.07 Å². The molecule has 2 amide bonds. The number of hydrogen-bond acceptors (Lipinski definition) is 4. The number of rotatable bonds is 11. The quantitative estimate of drug-likeness (QED) is 0.351. The van der Waals surface area contributed by atoms with Gasteiger partial charge >= 0.3 is 0 Å². The van der Waals surface area contributed by atoms with Crippen LogP contribution in [0, 0.1) is 11.6 Å². The van der Waals surface area contributed by atoms with E-state index in [-0.39, 0.29) is 36.2 Å². The fraction of sp³-hybridized carbons (Fsp3) is 0.355. The average molecular weight is 584 g/mol. The summed E-state index contributed by atoms with van der Waals surface area (Å²) in [6.45, 7) is -0.900. The molecule has 0 bridgehead atoms. The lowest BCUT2D eigenvalue weighted by Gasteiger charge is -2.35. The van der Waals surface area contributed by atoms with Crippen LogP contribution in [0.25, 0.3) is 0 Å². The molecular weight excluding hydrogens is 548 g/mol. The van der Waals surface area contributed by atoms with Gasteiger partial charge in [0.1, 0.15) is 24.2 Å². The Hall–Kier alpha value is -3.79. The molecule has 0 aliphatic heterocycles. The lowest BCUT2D eigenvalue weighted by atomic mass is 9.94. The Balaban J connectivity index is 1.72. The highest BCUT2D eigenvalue weighted by atomic mass is 32.2. The molecule has 0 unspecified atom stereocenters. The van der Waals surface area contributed by atoms with Crippen molar-refractivity contribution in [3.8, 4) is 0 Å². The van der Waals surface area contributed by atoms with Crippen LogP contribution in [0.4, 0.5) is 14.5 Å². The highest BCUT2D eigenvalue weighted by Gasteiger charge is 2.34. The topological polar surface area (TPSA) is 86.8 Å². The first-order chi connectivity index (χ1) is 19.6. The minimum absolute atomic E-state index is 0.0355. The zero-order valence-electron chi connectivity index (χ0n) is 23.0. The summed E-state index contributed by atoms with van der Waals surface area (Å²) in [7, 11) is -3.98. The summed E-state index contributed by atoms with van der Waals surface area (Å²) in [5.74, 6) is -2.17. The van der Waals surface area contributed by atoms with Crippen molar-refractivity contribution in [2.24, 2.45) is 0 Å². The molecule has 1 N–H and O–H groups in total. The van der Waals surface area contributed by atoms with E-state index in [0.29, 0.717) is 0 Å². The first-order valence-corrected chi connectivity index (χ1v) is 15.6. The van der Waals surface area contributed by atoms with Crippen LogP contribution in [-0.4, -0.2) is 50.0 Å². The van der Waals surface area contributed by atoms with Crippen molar-refractivity contribution in [1.29, 1.82) is 0 Å². The number of nitrogens with zero attached hydrogens (tertiary/aromatic N) is 2. The maximum absolute atomic E-state index is 14.9. The van der Waals surface area contributed by atoms with E-state index >= 15 is 0 Å². The Kier molecular flexibility index (Phi) is 10.1. The third-order valence-corrected chi connectivity index (χ3v) is 8.46. The van der Waals surface area contributed by atoms with Crippen LogP contribution < -0.4 is 9.62 Å². The van der Waals surface area contributed by atoms with E-state index in [1.807, 2.05) is 30.3 Å². The molecular formula is C31H35F2N3O4S. The Morgan fingerprint density at radius 1 is 0.902 bits per heavy atom. The standard InChI is InChI=1S/C31H35F2N3O4S/c1-41(39,40)36(27-18-16-25(32)17-19-27)22-30(37)35(21-24-12-8-9-15-28(24)33)29(20-23-10-4-2-5-11-23)31(38)34-26-13-6-3-7-14-26/h2,4-5,8-12,15-19,26,29H,3,6-7,13-14,20-22H2,1H3,(H,34,38)/t29-/m1/s1. The third-order valence-electron chi connectivity index (χ3n) is 7.31.